The number of sulfonamides is 1. The molecule has 0 amide bonds. The van der Waals surface area contributed by atoms with E-state index < -0.39 is 23.0 Å². The Kier molecular flexibility index (Phi) is 5.49. The van der Waals surface area contributed by atoms with Crippen molar-refractivity contribution < 1.29 is 21.9 Å². The fraction of sp³-hybridized carbons (Fsp3) is 0.455. The normalized spacial score (nSPS) is 12.1. The first kappa shape index (κ1) is 15.6. The van der Waals surface area contributed by atoms with Gasteiger partial charge in [-0.3, -0.25) is 0 Å². The Labute approximate surface area is 111 Å². The van der Waals surface area contributed by atoms with Crippen LogP contribution < -0.4 is 10.5 Å². The molecule has 19 heavy (non-hydrogen) atoms. The van der Waals surface area contributed by atoms with Gasteiger partial charge < -0.3 is 10.5 Å². The second kappa shape index (κ2) is 6.67. The predicted octanol–water partition coefficient (Wildman–Crippen LogP) is 1.17. The largest absolute Gasteiger partial charge is 0.490 e. The summed E-state index contributed by atoms with van der Waals surface area (Å²) in [6.45, 7) is -0.972. The molecule has 0 aliphatic heterocycles. The van der Waals surface area contributed by atoms with Crippen LogP contribution in [0.3, 0.4) is 0 Å². The molecule has 0 aromatic heterocycles. The summed E-state index contributed by atoms with van der Waals surface area (Å²) in [7, 11) is -2.64. The topological polar surface area (TPSA) is 72.6 Å². The molecule has 0 fully saturated rings. The van der Waals surface area contributed by atoms with E-state index >= 15 is 0 Å². The van der Waals surface area contributed by atoms with Gasteiger partial charge in [0.15, 0.2) is 0 Å². The number of nitrogens with two attached hydrogens (primary N) is 1. The molecule has 0 aliphatic carbocycles. The fourth-order valence-electron chi connectivity index (χ4n) is 1.33. The third kappa shape index (κ3) is 4.99. The van der Waals surface area contributed by atoms with Gasteiger partial charge in [-0.25, -0.2) is 17.2 Å². The van der Waals surface area contributed by atoms with E-state index in [0.29, 0.717) is 15.7 Å². The maximum atomic E-state index is 12.1. The number of alkyl halides is 2. The number of hydrogen-bond donors (Lipinski definition) is 1. The Bertz CT molecular complexity index is 508. The molecule has 1 aromatic rings. The van der Waals surface area contributed by atoms with Crippen molar-refractivity contribution in [1.29, 1.82) is 0 Å². The lowest BCUT2D eigenvalue weighted by molar-refractivity contribution is 0.126. The lowest BCUT2D eigenvalue weighted by Crippen LogP contribution is -2.34. The van der Waals surface area contributed by atoms with Gasteiger partial charge in [0.2, 0.25) is 10.0 Å². The van der Waals surface area contributed by atoms with Crippen molar-refractivity contribution in [3.63, 3.8) is 0 Å². The second-order valence-electron chi connectivity index (χ2n) is 3.87. The summed E-state index contributed by atoms with van der Waals surface area (Å²) in [4.78, 5) is 0. The minimum absolute atomic E-state index is 0.149. The van der Waals surface area contributed by atoms with Gasteiger partial charge >= 0.3 is 0 Å². The standard InChI is InChI=1S/C11H16F2N2O3S/c1-15(8-11(12)13)19(16,17)7-6-18-10-5-3-2-4-9(10)14/h2-5,11H,6-8,14H2,1H3. The summed E-state index contributed by atoms with van der Waals surface area (Å²) in [5, 5.41) is 0. The summed E-state index contributed by atoms with van der Waals surface area (Å²) in [6, 6.07) is 6.63. The van der Waals surface area contributed by atoms with Gasteiger partial charge in [0.25, 0.3) is 6.43 Å². The van der Waals surface area contributed by atoms with Crippen LogP contribution in [0.5, 0.6) is 5.75 Å². The van der Waals surface area contributed by atoms with Crippen molar-refractivity contribution in [2.45, 2.75) is 6.43 Å². The highest BCUT2D eigenvalue weighted by Gasteiger charge is 2.21. The predicted molar refractivity (Wildman–Crippen MR) is 68.8 cm³/mol. The number of ether oxygens (including phenoxy) is 1. The maximum absolute atomic E-state index is 12.1. The molecule has 0 radical (unpaired) electrons. The van der Waals surface area contributed by atoms with Crippen LogP contribution in [0.15, 0.2) is 24.3 Å². The van der Waals surface area contributed by atoms with Crippen molar-refractivity contribution >= 4 is 15.7 Å². The SMILES string of the molecule is CN(CC(F)F)S(=O)(=O)CCOc1ccccc1N. The number of benzene rings is 1. The second-order valence-corrected chi connectivity index (χ2v) is 6.07. The molecule has 1 rings (SSSR count). The average Bonchev–Trinajstić information content (AvgIpc) is 2.30. The highest BCUT2D eigenvalue weighted by Crippen LogP contribution is 2.19. The van der Waals surface area contributed by atoms with Crippen molar-refractivity contribution in [1.82, 2.24) is 4.31 Å². The van der Waals surface area contributed by atoms with E-state index in [9.17, 15) is 17.2 Å². The number of nitrogen functional groups attached to an aromatic ring is 1. The molecule has 0 atom stereocenters. The summed E-state index contributed by atoms with van der Waals surface area (Å²) >= 11 is 0. The number of nitrogens with zero attached hydrogens (tertiary/aromatic N) is 1. The van der Waals surface area contributed by atoms with Crippen LogP contribution in [0, 0.1) is 0 Å². The molecule has 0 spiro atoms. The Hall–Kier alpha value is -1.41. The van der Waals surface area contributed by atoms with Crippen LogP contribution in [0.2, 0.25) is 0 Å². The van der Waals surface area contributed by atoms with Gasteiger partial charge in [-0.15, -0.1) is 0 Å². The Balaban J connectivity index is 2.50. The van der Waals surface area contributed by atoms with Gasteiger partial charge in [-0.05, 0) is 12.1 Å². The van der Waals surface area contributed by atoms with Crippen LogP contribution >= 0.6 is 0 Å². The monoisotopic (exact) mass is 294 g/mol. The van der Waals surface area contributed by atoms with E-state index in [1.807, 2.05) is 0 Å². The molecule has 2 N–H and O–H groups in total. The van der Waals surface area contributed by atoms with E-state index in [0.717, 1.165) is 7.05 Å². The Morgan fingerprint density at radius 3 is 2.58 bits per heavy atom. The number of anilines is 1. The lowest BCUT2D eigenvalue weighted by atomic mass is 10.3. The van der Waals surface area contributed by atoms with E-state index in [1.165, 1.54) is 0 Å². The Morgan fingerprint density at radius 2 is 2.00 bits per heavy atom. The summed E-state index contributed by atoms with van der Waals surface area (Å²) in [6.07, 6.45) is -2.70. The molecule has 1 aromatic carbocycles. The average molecular weight is 294 g/mol. The molecule has 0 saturated carbocycles. The zero-order chi connectivity index (χ0) is 14.5. The molecular weight excluding hydrogens is 278 g/mol. The first-order valence-electron chi connectivity index (χ1n) is 5.52. The van der Waals surface area contributed by atoms with Gasteiger partial charge in [0.1, 0.15) is 12.4 Å². The molecule has 8 heteroatoms. The third-order valence-corrected chi connectivity index (χ3v) is 4.17. The van der Waals surface area contributed by atoms with E-state index in [1.54, 1.807) is 24.3 Å². The number of hydrogen-bond acceptors (Lipinski definition) is 4. The van der Waals surface area contributed by atoms with Gasteiger partial charge in [0.05, 0.1) is 18.0 Å². The van der Waals surface area contributed by atoms with E-state index in [-0.39, 0.29) is 12.4 Å². The van der Waals surface area contributed by atoms with Crippen LogP contribution in [0.4, 0.5) is 14.5 Å². The highest BCUT2D eigenvalue weighted by molar-refractivity contribution is 7.89. The van der Waals surface area contributed by atoms with Crippen molar-refractivity contribution in [2.24, 2.45) is 0 Å². The zero-order valence-electron chi connectivity index (χ0n) is 10.4. The molecule has 0 heterocycles. The molecule has 0 bridgehead atoms. The first-order valence-corrected chi connectivity index (χ1v) is 7.13. The fourth-order valence-corrected chi connectivity index (χ4v) is 2.28. The van der Waals surface area contributed by atoms with Crippen LogP contribution in [-0.4, -0.2) is 45.1 Å². The van der Waals surface area contributed by atoms with Gasteiger partial charge in [-0.1, -0.05) is 12.1 Å². The minimum Gasteiger partial charge on any atom is -0.490 e. The van der Waals surface area contributed by atoms with E-state index in [2.05, 4.69) is 0 Å². The number of halogens is 2. The summed E-state index contributed by atoms with van der Waals surface area (Å²) in [5.41, 5.74) is 6.00. The first-order chi connectivity index (χ1) is 8.83. The smallest absolute Gasteiger partial charge is 0.252 e. The van der Waals surface area contributed by atoms with Crippen LogP contribution in [0.1, 0.15) is 0 Å². The molecule has 5 nitrogen and oxygen atoms in total. The van der Waals surface area contributed by atoms with Crippen LogP contribution in [-0.2, 0) is 10.0 Å². The zero-order valence-corrected chi connectivity index (χ0v) is 11.2. The summed E-state index contributed by atoms with van der Waals surface area (Å²) in [5.74, 6) is -0.0147. The van der Waals surface area contributed by atoms with Crippen molar-refractivity contribution in [3.8, 4) is 5.75 Å². The third-order valence-electron chi connectivity index (χ3n) is 2.39. The minimum atomic E-state index is -3.75. The number of para-hydroxylation sites is 2. The quantitative estimate of drug-likeness (QED) is 0.766. The van der Waals surface area contributed by atoms with Crippen LogP contribution in [0.25, 0.3) is 0 Å². The number of rotatable bonds is 7. The van der Waals surface area contributed by atoms with Crippen molar-refractivity contribution in [2.75, 3.05) is 31.7 Å². The molecule has 108 valence electrons. The Morgan fingerprint density at radius 1 is 1.37 bits per heavy atom. The molecule has 0 unspecified atom stereocenters. The summed E-state index contributed by atoms with van der Waals surface area (Å²) < 4.78 is 53.3. The lowest BCUT2D eigenvalue weighted by Gasteiger charge is -2.16. The molecule has 0 aliphatic rings. The maximum Gasteiger partial charge on any atom is 0.252 e. The van der Waals surface area contributed by atoms with Gasteiger partial charge in [0, 0.05) is 7.05 Å². The van der Waals surface area contributed by atoms with Crippen molar-refractivity contribution in [3.05, 3.63) is 24.3 Å². The molecular formula is C11H16F2N2O3S. The van der Waals surface area contributed by atoms with Gasteiger partial charge in [-0.2, -0.15) is 4.31 Å². The van der Waals surface area contributed by atoms with E-state index in [4.69, 9.17) is 10.5 Å². The highest BCUT2D eigenvalue weighted by atomic mass is 32.2. The molecule has 0 saturated heterocycles.